The van der Waals surface area contributed by atoms with Gasteiger partial charge in [-0.15, -0.1) is 0 Å². The molecule has 2 fully saturated rings. The molecule has 0 radical (unpaired) electrons. The Bertz CT molecular complexity index is 1570. The van der Waals surface area contributed by atoms with Crippen molar-refractivity contribution < 1.29 is 32.9 Å². The lowest BCUT2D eigenvalue weighted by atomic mass is 9.81. The molecule has 0 unspecified atom stereocenters. The predicted molar refractivity (Wildman–Crippen MR) is 214 cm³/mol. The van der Waals surface area contributed by atoms with Gasteiger partial charge >= 0.3 is 5.97 Å². The Morgan fingerprint density at radius 1 is 0.679 bits per heavy atom. The monoisotopic (exact) mass is 744 g/mol. The maximum Gasteiger partial charge on any atom is 0.338 e. The summed E-state index contributed by atoms with van der Waals surface area (Å²) in [6, 6.07) is 30.7. The molecule has 0 aromatic heterocycles. The van der Waals surface area contributed by atoms with Gasteiger partial charge in [0.15, 0.2) is 11.6 Å². The molecule has 9 atom stereocenters. The van der Waals surface area contributed by atoms with Crippen LogP contribution in [-0.2, 0) is 28.1 Å². The van der Waals surface area contributed by atoms with E-state index in [2.05, 4.69) is 109 Å². The SMILES string of the molecule is C[C@@H]1[C@H]([C@@H](C)OC(=O)c2ccccc2)OC(C)(C)O[C@H]1CC[C@H](C)[C@H]1OC(C)(C)O[C@H]([C@H](C)O[Si](c2ccccc2)(c2ccccc2)C(C)(C)C)[C@@H]1C. The van der Waals surface area contributed by atoms with Crippen molar-refractivity contribution in [2.75, 3.05) is 0 Å². The second-order valence-electron chi connectivity index (χ2n) is 17.4. The highest BCUT2D eigenvalue weighted by molar-refractivity contribution is 6.99. The minimum Gasteiger partial charge on any atom is -0.456 e. The number of esters is 1. The van der Waals surface area contributed by atoms with E-state index in [1.165, 1.54) is 10.4 Å². The van der Waals surface area contributed by atoms with Crippen LogP contribution in [0.15, 0.2) is 91.0 Å². The van der Waals surface area contributed by atoms with Gasteiger partial charge in [0.2, 0.25) is 0 Å². The second kappa shape index (κ2) is 16.5. The zero-order valence-corrected chi connectivity index (χ0v) is 35.1. The van der Waals surface area contributed by atoms with Crippen LogP contribution in [0.3, 0.4) is 0 Å². The van der Waals surface area contributed by atoms with Crippen molar-refractivity contribution in [3.8, 4) is 0 Å². The van der Waals surface area contributed by atoms with Crippen molar-refractivity contribution in [3.63, 3.8) is 0 Å². The van der Waals surface area contributed by atoms with Crippen LogP contribution in [0, 0.1) is 17.8 Å². The lowest BCUT2D eigenvalue weighted by molar-refractivity contribution is -0.340. The van der Waals surface area contributed by atoms with E-state index in [1.54, 1.807) is 12.1 Å². The van der Waals surface area contributed by atoms with Gasteiger partial charge < -0.3 is 28.1 Å². The average molecular weight is 745 g/mol. The molecule has 0 saturated carbocycles. The summed E-state index contributed by atoms with van der Waals surface area (Å²) in [5.41, 5.74) is 0.529. The third-order valence-corrected chi connectivity index (χ3v) is 16.4. The fraction of sp³-hybridized carbons (Fsp3) is 0.578. The van der Waals surface area contributed by atoms with Crippen molar-refractivity contribution in [3.05, 3.63) is 96.6 Å². The van der Waals surface area contributed by atoms with Crippen LogP contribution in [-0.4, -0.2) is 62.5 Å². The number of rotatable bonds is 12. The van der Waals surface area contributed by atoms with E-state index < -0.39 is 26.0 Å². The topological polar surface area (TPSA) is 72.5 Å². The van der Waals surface area contributed by atoms with E-state index in [0.29, 0.717) is 5.56 Å². The smallest absolute Gasteiger partial charge is 0.338 e. The summed E-state index contributed by atoms with van der Waals surface area (Å²) in [6.07, 6.45) is 0.421. The molecule has 2 aliphatic rings. The molecule has 0 aliphatic carbocycles. The van der Waals surface area contributed by atoms with Crippen molar-refractivity contribution in [1.29, 1.82) is 0 Å². The van der Waals surface area contributed by atoms with E-state index in [9.17, 15) is 4.79 Å². The predicted octanol–water partition coefficient (Wildman–Crippen LogP) is 8.93. The first-order valence-corrected chi connectivity index (χ1v) is 21.5. The van der Waals surface area contributed by atoms with Gasteiger partial charge in [-0.25, -0.2) is 4.79 Å². The van der Waals surface area contributed by atoms with E-state index >= 15 is 0 Å². The third kappa shape index (κ3) is 9.34. The third-order valence-electron chi connectivity index (χ3n) is 11.3. The Balaban J connectivity index is 1.32. The Morgan fingerprint density at radius 3 is 1.64 bits per heavy atom. The molecule has 0 bridgehead atoms. The molecule has 0 spiro atoms. The van der Waals surface area contributed by atoms with Crippen molar-refractivity contribution in [2.24, 2.45) is 17.8 Å². The number of hydrogen-bond donors (Lipinski definition) is 0. The van der Waals surface area contributed by atoms with Crippen molar-refractivity contribution >= 4 is 24.7 Å². The molecular weight excluding hydrogens is 681 g/mol. The first-order chi connectivity index (χ1) is 24.8. The number of carbonyl (C=O) groups is 1. The van der Waals surface area contributed by atoms with Gasteiger partial charge in [0.05, 0.1) is 30.0 Å². The zero-order valence-electron chi connectivity index (χ0n) is 34.1. The Morgan fingerprint density at radius 2 is 1.13 bits per heavy atom. The summed E-state index contributed by atoms with van der Waals surface area (Å²) in [5.74, 6) is -1.66. The molecular formula is C45H64O7Si. The molecule has 2 aliphatic heterocycles. The van der Waals surface area contributed by atoms with Crippen LogP contribution in [0.25, 0.3) is 0 Å². The van der Waals surface area contributed by atoms with E-state index in [4.69, 9.17) is 28.1 Å². The van der Waals surface area contributed by atoms with Gasteiger partial charge in [0.25, 0.3) is 8.32 Å². The lowest BCUT2D eigenvalue weighted by Gasteiger charge is -2.51. The molecule has 290 valence electrons. The number of hydrogen-bond acceptors (Lipinski definition) is 7. The quantitative estimate of drug-likeness (QED) is 0.136. The lowest BCUT2D eigenvalue weighted by Crippen LogP contribution is -2.69. The van der Waals surface area contributed by atoms with Gasteiger partial charge in [-0.2, -0.15) is 0 Å². The van der Waals surface area contributed by atoms with E-state index in [1.807, 2.05) is 52.8 Å². The molecule has 3 aromatic rings. The Labute approximate surface area is 320 Å². The highest BCUT2D eigenvalue weighted by Gasteiger charge is 2.54. The van der Waals surface area contributed by atoms with Gasteiger partial charge in [-0.1, -0.05) is 120 Å². The molecule has 3 aromatic carbocycles. The summed E-state index contributed by atoms with van der Waals surface area (Å²) in [6.45, 7) is 25.7. The highest BCUT2D eigenvalue weighted by atomic mass is 28.4. The maximum atomic E-state index is 12.9. The second-order valence-corrected chi connectivity index (χ2v) is 21.7. The standard InChI is InChI=1S/C45H64O7Si/c1-30(28-29-38-31(2)40(50-44(9,10)48-38)33(4)47-42(46)35-22-16-13-17-23-35)39-32(3)41(51-45(11,12)49-39)34(5)52-53(43(6,7)8,36-24-18-14-19-25-36)37-26-20-15-21-27-37/h13-27,30-34,38-41H,28-29H2,1-12H3/t30-,31-,32+,33+,34-,38-,39+,40+,41-/m0/s1. The molecule has 0 amide bonds. The summed E-state index contributed by atoms with van der Waals surface area (Å²) >= 11 is 0. The summed E-state index contributed by atoms with van der Waals surface area (Å²) in [4.78, 5) is 12.9. The molecule has 2 saturated heterocycles. The number of benzene rings is 3. The molecule has 2 heterocycles. The fourth-order valence-corrected chi connectivity index (χ4v) is 13.4. The number of ether oxygens (including phenoxy) is 5. The summed E-state index contributed by atoms with van der Waals surface area (Å²) in [7, 11) is -2.81. The van der Waals surface area contributed by atoms with Gasteiger partial charge in [-0.3, -0.25) is 0 Å². The highest BCUT2D eigenvalue weighted by Crippen LogP contribution is 2.43. The molecule has 53 heavy (non-hydrogen) atoms. The normalized spacial score (nSPS) is 27.7. The summed E-state index contributed by atoms with van der Waals surface area (Å²) in [5, 5.41) is 2.36. The fourth-order valence-electron chi connectivity index (χ4n) is 8.74. The van der Waals surface area contributed by atoms with Crippen LogP contribution in [0.2, 0.25) is 5.04 Å². The van der Waals surface area contributed by atoms with Crippen LogP contribution in [0.1, 0.15) is 106 Å². The van der Waals surface area contributed by atoms with Crippen LogP contribution in [0.4, 0.5) is 0 Å². The Kier molecular flexibility index (Phi) is 12.8. The molecule has 8 heteroatoms. The van der Waals surface area contributed by atoms with E-state index in [-0.39, 0.29) is 59.3 Å². The van der Waals surface area contributed by atoms with E-state index in [0.717, 1.165) is 12.8 Å². The molecule has 0 N–H and O–H groups in total. The minimum absolute atomic E-state index is 0.00546. The largest absolute Gasteiger partial charge is 0.456 e. The van der Waals surface area contributed by atoms with Crippen LogP contribution >= 0.6 is 0 Å². The first-order valence-electron chi connectivity index (χ1n) is 19.6. The Hall–Kier alpha value is -2.85. The maximum absolute atomic E-state index is 12.9. The van der Waals surface area contributed by atoms with Gasteiger partial charge in [0, 0.05) is 11.8 Å². The van der Waals surface area contributed by atoms with Crippen molar-refractivity contribution in [1.82, 2.24) is 0 Å². The van der Waals surface area contributed by atoms with Gasteiger partial charge in [0.1, 0.15) is 12.2 Å². The van der Waals surface area contributed by atoms with Crippen molar-refractivity contribution in [2.45, 2.75) is 149 Å². The molecule has 7 nitrogen and oxygen atoms in total. The zero-order chi connectivity index (χ0) is 38.8. The summed E-state index contributed by atoms with van der Waals surface area (Å²) < 4.78 is 40.0. The van der Waals surface area contributed by atoms with Gasteiger partial charge in [-0.05, 0) is 87.8 Å². The average Bonchev–Trinajstić information content (AvgIpc) is 3.11. The first kappa shape index (κ1) is 41.3. The minimum atomic E-state index is -2.81. The van der Waals surface area contributed by atoms with Crippen LogP contribution < -0.4 is 10.4 Å². The molecule has 5 rings (SSSR count). The van der Waals surface area contributed by atoms with Crippen LogP contribution in [0.5, 0.6) is 0 Å². The number of carbonyl (C=O) groups excluding carboxylic acids is 1.